The van der Waals surface area contributed by atoms with Crippen LogP contribution < -0.4 is 0 Å². The van der Waals surface area contributed by atoms with Gasteiger partial charge >= 0.3 is 47.3 Å². The first kappa shape index (κ1) is 12.7. The molecule has 2 nitrogen and oxygen atoms in total. The van der Waals surface area contributed by atoms with Crippen molar-refractivity contribution in [2.75, 3.05) is 13.2 Å². The van der Waals surface area contributed by atoms with Crippen molar-refractivity contribution in [1.82, 2.24) is 0 Å². The Bertz CT molecular complexity index is 35.7. The van der Waals surface area contributed by atoms with Crippen LogP contribution in [-0.4, -0.2) is 22.7 Å². The van der Waals surface area contributed by atoms with Crippen LogP contribution in [0.15, 0.2) is 0 Å². The van der Waals surface area contributed by atoms with E-state index in [1.54, 1.807) is 0 Å². The summed E-state index contributed by atoms with van der Waals surface area (Å²) >= 11 is 0.569. The van der Waals surface area contributed by atoms with Crippen LogP contribution >= 0.6 is 20.4 Å². The van der Waals surface area contributed by atoms with Gasteiger partial charge in [-0.2, -0.15) is 0 Å². The average Bonchev–Trinajstić information content (AvgIpc) is 1.86. The molecule has 0 aliphatic heterocycles. The van der Waals surface area contributed by atoms with E-state index in [0.717, 1.165) is 0 Å². The van der Waals surface area contributed by atoms with E-state index in [2.05, 4.69) is 9.47 Å². The van der Waals surface area contributed by atoms with Crippen molar-refractivity contribution in [2.24, 2.45) is 0 Å². The van der Waals surface area contributed by atoms with Crippen LogP contribution in [0.25, 0.3) is 0 Å². The molecule has 0 saturated carbocycles. The third kappa shape index (κ3) is 27.6. The molecule has 58 valence electrons. The van der Waals surface area contributed by atoms with Crippen molar-refractivity contribution in [3.8, 4) is 0 Å². The number of hydrogen-bond acceptors (Lipinski definition) is 0. The minimum absolute atomic E-state index is 0.524. The van der Waals surface area contributed by atoms with Crippen molar-refractivity contribution in [2.45, 2.75) is 0 Å². The van der Waals surface area contributed by atoms with E-state index in [9.17, 15) is 0 Å². The number of halogens is 2. The molecule has 0 aliphatic carbocycles. The second kappa shape index (κ2) is 16.0. The number of rotatable bonds is 3. The molecule has 0 fully saturated rings. The summed E-state index contributed by atoms with van der Waals surface area (Å²) in [6.45, 7) is 1.05. The van der Waals surface area contributed by atoms with Gasteiger partial charge in [-0.1, -0.05) is 0 Å². The van der Waals surface area contributed by atoms with E-state index in [1.807, 2.05) is 0 Å². The summed E-state index contributed by atoms with van der Waals surface area (Å²) in [7, 11) is 18.9. The number of aliphatic hydroxyl groups is 4. The topological polar surface area (TPSA) is 25.6 Å². The van der Waals surface area contributed by atoms with Crippen molar-refractivity contribution < 1.29 is 22.1 Å². The molecule has 0 atom stereocenters. The van der Waals surface area contributed by atoms with E-state index in [1.165, 1.54) is 0 Å². The maximum atomic E-state index is 4.72. The fourth-order valence-corrected chi connectivity index (χ4v) is 0.115. The van der Waals surface area contributed by atoms with E-state index in [4.69, 9.17) is 34.6 Å². The average molecular weight is 218 g/mol. The monoisotopic (exact) mass is 216 g/mol. The Labute approximate surface area is 70.2 Å². The molecule has 0 saturated heterocycles. The van der Waals surface area contributed by atoms with Crippen molar-refractivity contribution in [3.05, 3.63) is 14.2 Å². The van der Waals surface area contributed by atoms with Crippen LogP contribution in [0.2, 0.25) is 0 Å². The summed E-state index contributed by atoms with van der Waals surface area (Å²) < 4.78 is 6.50. The molecule has 0 rings (SSSR count). The maximum absolute atomic E-state index is 4.72. The van der Waals surface area contributed by atoms with E-state index in [-0.39, 0.29) is 0 Å². The molecule has 0 aromatic carbocycles. The Morgan fingerprint density at radius 2 is 1.33 bits per heavy atom. The molecule has 0 aliphatic rings. The molecule has 0 aromatic heterocycles. The summed E-state index contributed by atoms with van der Waals surface area (Å²) in [4.78, 5) is 0. The molecule has 5 heteroatoms. The fraction of sp³-hybridized carbons (Fsp3) is 0.500. The van der Waals surface area contributed by atoms with Gasteiger partial charge in [-0.25, -0.2) is 0 Å². The fourth-order valence-electron chi connectivity index (χ4n) is 0.115. The van der Waals surface area contributed by atoms with Gasteiger partial charge in [0.05, 0.1) is 0 Å². The zero-order valence-electron chi connectivity index (χ0n) is 4.54. The van der Waals surface area contributed by atoms with Gasteiger partial charge in [0, 0.05) is 0 Å². The molecule has 0 bridgehead atoms. The van der Waals surface area contributed by atoms with E-state index in [0.29, 0.717) is 25.9 Å². The standard InChI is InChI=1S/C4H8O2.2ClH.Ni/c1-5-3-4-6-2;;;/h1-2,5-6H,3-4H2;2*1H;/q+2;;;+2/p-2. The Hall–Kier alpha value is 0.994. The van der Waals surface area contributed by atoms with Gasteiger partial charge in [0.25, 0.3) is 0 Å². The van der Waals surface area contributed by atoms with Crippen LogP contribution in [0.4, 0.5) is 0 Å². The molecule has 9 heavy (non-hydrogen) atoms. The van der Waals surface area contributed by atoms with E-state index >= 15 is 0 Å². The predicted molar refractivity (Wildman–Crippen MR) is 34.5 cm³/mol. The van der Waals surface area contributed by atoms with Gasteiger partial charge < -0.3 is 9.47 Å². The third-order valence-corrected chi connectivity index (χ3v) is 0.358. The van der Waals surface area contributed by atoms with E-state index < -0.39 is 0 Å². The zero-order valence-corrected chi connectivity index (χ0v) is 7.03. The Kier molecular flexibility index (Phi) is 22.5. The van der Waals surface area contributed by atoms with Gasteiger partial charge in [-0.3, -0.25) is 0 Å². The quantitative estimate of drug-likeness (QED) is 0.379. The van der Waals surface area contributed by atoms with Crippen molar-refractivity contribution in [1.29, 1.82) is 0 Å². The van der Waals surface area contributed by atoms with Crippen LogP contribution in [-0.2, 0) is 12.7 Å². The molecular formula is C4H8Cl2NiO2+2. The molecule has 4 radical (unpaired) electrons. The van der Waals surface area contributed by atoms with Gasteiger partial charge in [0.2, 0.25) is 13.2 Å². The van der Waals surface area contributed by atoms with Crippen LogP contribution in [0.5, 0.6) is 0 Å². The minimum atomic E-state index is 0.524. The third-order valence-electron chi connectivity index (χ3n) is 0.358. The summed E-state index contributed by atoms with van der Waals surface area (Å²) in [5.41, 5.74) is 0. The van der Waals surface area contributed by atoms with Crippen LogP contribution in [0.3, 0.4) is 0 Å². The summed E-state index contributed by atoms with van der Waals surface area (Å²) in [5, 5.41) is 0. The second-order valence-electron chi connectivity index (χ2n) is 0.858. The Morgan fingerprint density at radius 3 is 1.44 bits per heavy atom. The van der Waals surface area contributed by atoms with Gasteiger partial charge in [0.15, 0.2) is 0 Å². The molecule has 0 spiro atoms. The predicted octanol–water partition coefficient (Wildman–Crippen LogP) is 0.756. The Morgan fingerprint density at radius 1 is 1.11 bits per heavy atom. The normalized spacial score (nSPS) is 8.44. The van der Waals surface area contributed by atoms with Crippen molar-refractivity contribution >= 4 is 20.4 Å². The SMILES string of the molecule is [CH][OH+]CC[OH+][CH].[Cl][Ni][Cl]. The van der Waals surface area contributed by atoms with Gasteiger partial charge in [-0.05, 0) is 0 Å². The first-order valence-electron chi connectivity index (χ1n) is 1.89. The molecule has 0 amide bonds. The molecule has 0 unspecified atom stereocenters. The molecule has 0 aromatic rings. The summed E-state index contributed by atoms with van der Waals surface area (Å²) in [6, 6.07) is 0. The van der Waals surface area contributed by atoms with Crippen LogP contribution in [0.1, 0.15) is 0 Å². The number of ether oxygens (including phenoxy) is 2. The molecular weight excluding hydrogens is 210 g/mol. The number of hydrogen-bond donors (Lipinski definition) is 0. The molecule has 0 heterocycles. The molecule has 2 N–H and O–H groups in total. The zero-order chi connectivity index (χ0) is 7.54. The first-order chi connectivity index (χ1) is 4.33. The van der Waals surface area contributed by atoms with Gasteiger partial charge in [-0.15, -0.1) is 0 Å². The summed E-state index contributed by atoms with van der Waals surface area (Å²) in [6.07, 6.45) is 0. The van der Waals surface area contributed by atoms with Crippen molar-refractivity contribution in [3.63, 3.8) is 0 Å². The summed E-state index contributed by atoms with van der Waals surface area (Å²) in [5.74, 6) is 0. The van der Waals surface area contributed by atoms with Gasteiger partial charge in [0.1, 0.15) is 0 Å². The first-order valence-corrected chi connectivity index (χ1v) is 4.61. The Balaban J connectivity index is 0. The van der Waals surface area contributed by atoms with Crippen LogP contribution in [0, 0.1) is 14.2 Å². The second-order valence-corrected chi connectivity index (χ2v) is 2.49.